The van der Waals surface area contributed by atoms with Crippen molar-refractivity contribution in [3.05, 3.63) is 28.5 Å². The van der Waals surface area contributed by atoms with Crippen LogP contribution in [0.2, 0.25) is 0 Å². The minimum Gasteiger partial charge on any atom is -0.467 e. The maximum absolute atomic E-state index is 12.7. The van der Waals surface area contributed by atoms with Gasteiger partial charge in [-0.15, -0.1) is 0 Å². The molecule has 8 nitrogen and oxygen atoms in total. The highest BCUT2D eigenvalue weighted by atomic mass is 32.1. The van der Waals surface area contributed by atoms with Gasteiger partial charge in [-0.3, -0.25) is 14.4 Å². The summed E-state index contributed by atoms with van der Waals surface area (Å²) in [6.07, 6.45) is 5.93. The molecule has 1 unspecified atom stereocenters. The van der Waals surface area contributed by atoms with Gasteiger partial charge in [-0.05, 0) is 53.1 Å². The Hall–Kier alpha value is -2.68. The summed E-state index contributed by atoms with van der Waals surface area (Å²) in [6.45, 7) is 3.89. The molecule has 2 fully saturated rings. The Kier molecular flexibility index (Phi) is 7.48. The summed E-state index contributed by atoms with van der Waals surface area (Å²) in [7, 11) is 1.23. The zero-order chi connectivity index (χ0) is 22.4. The van der Waals surface area contributed by atoms with E-state index in [0.717, 1.165) is 24.8 Å². The van der Waals surface area contributed by atoms with Gasteiger partial charge in [-0.25, -0.2) is 4.79 Å². The fourth-order valence-electron chi connectivity index (χ4n) is 4.28. The van der Waals surface area contributed by atoms with Crippen LogP contribution in [0.15, 0.2) is 22.9 Å². The number of hydrogen-bond donors (Lipinski definition) is 1. The summed E-state index contributed by atoms with van der Waals surface area (Å²) >= 11 is 1.60. The number of carbonyl (C=O) groups excluding carboxylic acids is 4. The van der Waals surface area contributed by atoms with Crippen LogP contribution >= 0.6 is 11.3 Å². The van der Waals surface area contributed by atoms with Crippen LogP contribution in [0.5, 0.6) is 0 Å². The molecule has 31 heavy (non-hydrogen) atoms. The van der Waals surface area contributed by atoms with Gasteiger partial charge in [0.05, 0.1) is 13.5 Å². The molecule has 3 amide bonds. The normalized spacial score (nSPS) is 18.9. The quantitative estimate of drug-likeness (QED) is 0.529. The van der Waals surface area contributed by atoms with E-state index in [2.05, 4.69) is 5.32 Å². The zero-order valence-electron chi connectivity index (χ0n) is 18.0. The summed E-state index contributed by atoms with van der Waals surface area (Å²) in [5, 5.41) is 6.46. The number of carbonyl (C=O) groups is 4. The van der Waals surface area contributed by atoms with Crippen molar-refractivity contribution in [3.63, 3.8) is 0 Å². The van der Waals surface area contributed by atoms with Crippen LogP contribution in [0.4, 0.5) is 0 Å². The monoisotopic (exact) mass is 447 g/mol. The highest BCUT2D eigenvalue weighted by Gasteiger charge is 2.43. The number of hydrogen-bond acceptors (Lipinski definition) is 6. The third-order valence-electron chi connectivity index (χ3n) is 6.13. The first-order valence-electron chi connectivity index (χ1n) is 10.4. The lowest BCUT2D eigenvalue weighted by Gasteiger charge is -2.39. The van der Waals surface area contributed by atoms with Gasteiger partial charge in [0.2, 0.25) is 17.7 Å². The van der Waals surface area contributed by atoms with Gasteiger partial charge in [-0.2, -0.15) is 11.3 Å². The minimum atomic E-state index is -0.971. The average molecular weight is 448 g/mol. The van der Waals surface area contributed by atoms with E-state index in [1.54, 1.807) is 22.3 Å². The van der Waals surface area contributed by atoms with Gasteiger partial charge < -0.3 is 19.9 Å². The van der Waals surface area contributed by atoms with Crippen LogP contribution in [-0.4, -0.2) is 72.8 Å². The van der Waals surface area contributed by atoms with E-state index in [4.69, 9.17) is 4.74 Å². The molecular weight excluding hydrogens is 418 g/mol. The molecule has 0 aromatic carbocycles. The summed E-state index contributed by atoms with van der Waals surface area (Å²) in [5.41, 5.74) is 1.04. The number of thiophene rings is 1. The van der Waals surface area contributed by atoms with E-state index >= 15 is 0 Å². The fraction of sp³-hybridized carbons (Fsp3) is 0.545. The Morgan fingerprint density at radius 3 is 2.45 bits per heavy atom. The van der Waals surface area contributed by atoms with E-state index < -0.39 is 12.0 Å². The maximum Gasteiger partial charge on any atom is 0.328 e. The van der Waals surface area contributed by atoms with Crippen molar-refractivity contribution < 1.29 is 23.9 Å². The smallest absolute Gasteiger partial charge is 0.328 e. The van der Waals surface area contributed by atoms with Gasteiger partial charge >= 0.3 is 5.97 Å². The number of amides is 3. The van der Waals surface area contributed by atoms with Crippen LogP contribution in [0.25, 0.3) is 6.08 Å². The number of nitrogens with one attached hydrogen (secondary N) is 1. The molecule has 2 aliphatic rings. The van der Waals surface area contributed by atoms with E-state index in [1.165, 1.54) is 14.0 Å². The predicted octanol–water partition coefficient (Wildman–Crippen LogP) is 1.67. The number of piperidine rings is 1. The Labute approximate surface area is 186 Å². The molecule has 0 bridgehead atoms. The molecule has 1 aromatic rings. The second-order valence-electron chi connectivity index (χ2n) is 8.26. The lowest BCUT2D eigenvalue weighted by molar-refractivity contribution is -0.147. The Bertz CT molecular complexity index is 843. The van der Waals surface area contributed by atoms with Gasteiger partial charge in [0.15, 0.2) is 0 Å². The molecule has 1 aromatic heterocycles. The summed E-state index contributed by atoms with van der Waals surface area (Å²) in [5.74, 6) is -1.16. The summed E-state index contributed by atoms with van der Waals surface area (Å²) < 4.78 is 4.70. The van der Waals surface area contributed by atoms with Crippen LogP contribution in [0.3, 0.4) is 0 Å². The first-order valence-corrected chi connectivity index (χ1v) is 11.4. The lowest BCUT2D eigenvalue weighted by Crippen LogP contribution is -2.46. The minimum absolute atomic E-state index is 0.0122. The highest BCUT2D eigenvalue weighted by Crippen LogP contribution is 2.40. The Morgan fingerprint density at radius 2 is 1.87 bits per heavy atom. The van der Waals surface area contributed by atoms with E-state index in [-0.39, 0.29) is 29.6 Å². The number of esters is 1. The molecule has 0 aliphatic carbocycles. The molecule has 168 valence electrons. The molecule has 2 saturated heterocycles. The molecule has 1 spiro atoms. The molecule has 1 N–H and O–H groups in total. The zero-order valence-corrected chi connectivity index (χ0v) is 18.8. The second kappa shape index (κ2) is 10.1. The van der Waals surface area contributed by atoms with Crippen LogP contribution in [0, 0.1) is 5.41 Å². The number of nitrogens with zero attached hydrogens (tertiary/aromatic N) is 2. The van der Waals surface area contributed by atoms with Crippen molar-refractivity contribution in [1.82, 2.24) is 15.1 Å². The molecule has 1 atom stereocenters. The van der Waals surface area contributed by atoms with Gasteiger partial charge in [0.25, 0.3) is 0 Å². The molecule has 3 heterocycles. The van der Waals surface area contributed by atoms with Crippen molar-refractivity contribution in [2.24, 2.45) is 5.41 Å². The van der Waals surface area contributed by atoms with Crippen molar-refractivity contribution >= 4 is 41.1 Å². The Morgan fingerprint density at radius 1 is 1.19 bits per heavy atom. The fourth-order valence-corrected chi connectivity index (χ4v) is 4.91. The standard InChI is InChI=1S/C22H29N3O5S/c1-16(26)23-18(21(29)30-2)13-20(28)25-11-8-22(15-25)6-9-24(10-7-22)19(27)4-3-17-5-12-31-14-17/h3-5,12,14,18H,6-11,13,15H2,1-2H3,(H,23,26). The SMILES string of the molecule is COC(=O)C(CC(=O)N1CCC2(CCN(C(=O)C=Cc3ccsc3)CC2)C1)NC(C)=O. The van der Waals surface area contributed by atoms with E-state index in [0.29, 0.717) is 26.2 Å². The summed E-state index contributed by atoms with van der Waals surface area (Å²) in [6, 6.07) is 1.00. The molecule has 2 aliphatic heterocycles. The van der Waals surface area contributed by atoms with Crippen molar-refractivity contribution in [2.45, 2.75) is 38.6 Å². The van der Waals surface area contributed by atoms with Crippen molar-refractivity contribution in [1.29, 1.82) is 0 Å². The second-order valence-corrected chi connectivity index (χ2v) is 9.04. The van der Waals surface area contributed by atoms with Crippen LogP contribution < -0.4 is 5.32 Å². The van der Waals surface area contributed by atoms with Gasteiger partial charge in [0, 0.05) is 39.2 Å². The van der Waals surface area contributed by atoms with Crippen molar-refractivity contribution in [3.8, 4) is 0 Å². The van der Waals surface area contributed by atoms with E-state index in [1.807, 2.05) is 27.8 Å². The topological polar surface area (TPSA) is 96.0 Å². The molecule has 9 heteroatoms. The first-order chi connectivity index (χ1) is 14.8. The molecule has 0 radical (unpaired) electrons. The van der Waals surface area contributed by atoms with Gasteiger partial charge in [-0.1, -0.05) is 0 Å². The lowest BCUT2D eigenvalue weighted by atomic mass is 9.78. The number of methoxy groups -OCH3 is 1. The summed E-state index contributed by atoms with van der Waals surface area (Å²) in [4.78, 5) is 52.1. The maximum atomic E-state index is 12.7. The Balaban J connectivity index is 1.51. The largest absolute Gasteiger partial charge is 0.467 e. The average Bonchev–Trinajstić information content (AvgIpc) is 3.41. The van der Waals surface area contributed by atoms with E-state index in [9.17, 15) is 19.2 Å². The number of rotatable bonds is 6. The number of ether oxygens (including phenoxy) is 1. The third-order valence-corrected chi connectivity index (χ3v) is 6.83. The third kappa shape index (κ3) is 5.94. The van der Waals surface area contributed by atoms with Crippen molar-refractivity contribution in [2.75, 3.05) is 33.3 Å². The van der Waals surface area contributed by atoms with Gasteiger partial charge in [0.1, 0.15) is 6.04 Å². The van der Waals surface area contributed by atoms with Crippen LogP contribution in [0.1, 0.15) is 38.2 Å². The first kappa shape index (κ1) is 23.0. The predicted molar refractivity (Wildman–Crippen MR) is 117 cm³/mol. The van der Waals surface area contributed by atoms with Crippen LogP contribution in [-0.2, 0) is 23.9 Å². The molecular formula is C22H29N3O5S. The highest BCUT2D eigenvalue weighted by molar-refractivity contribution is 7.08. The number of likely N-dealkylation sites (tertiary alicyclic amines) is 2. The molecule has 3 rings (SSSR count). The molecule has 0 saturated carbocycles.